The number of aliphatic hydroxyl groups excluding tert-OH is 5. The highest BCUT2D eigenvalue weighted by molar-refractivity contribution is 5.76. The van der Waals surface area contributed by atoms with Gasteiger partial charge in [-0.3, -0.25) is 4.79 Å². The average molecular weight is 562 g/mol. The van der Waals surface area contributed by atoms with Crippen LogP contribution in [0.2, 0.25) is 0 Å². The van der Waals surface area contributed by atoms with E-state index in [0.717, 1.165) is 19.3 Å². The van der Waals surface area contributed by atoms with Crippen LogP contribution in [0.1, 0.15) is 123 Å². The quantitative estimate of drug-likeness (QED) is 0.113. The molecule has 232 valence electrons. The summed E-state index contributed by atoms with van der Waals surface area (Å²) in [5, 5.41) is 49.5. The summed E-state index contributed by atoms with van der Waals surface area (Å²) >= 11 is 0. The van der Waals surface area contributed by atoms with Crippen LogP contribution in [0.3, 0.4) is 0 Å². The van der Waals surface area contributed by atoms with E-state index in [1.165, 1.54) is 77.0 Å². The molecular weight excluding hydrogens is 502 g/mol. The molecule has 1 amide bonds. The summed E-state index contributed by atoms with van der Waals surface area (Å²) in [4.78, 5) is 14.4. The van der Waals surface area contributed by atoms with E-state index >= 15 is 0 Å². The summed E-state index contributed by atoms with van der Waals surface area (Å²) in [7, 11) is 0. The maximum absolute atomic E-state index is 12.7. The Morgan fingerprint density at radius 3 is 1.72 bits per heavy atom. The normalized spacial score (nSPS) is 24.1. The van der Waals surface area contributed by atoms with E-state index in [1.807, 2.05) is 6.92 Å². The van der Waals surface area contributed by atoms with Gasteiger partial charge in [0.1, 0.15) is 30.5 Å². The standard InChI is InChI=1S/C30H59NO8/c1-3-5-6-7-8-9-10-11-12-13-14-15-16-17-18-20-31(26(34)19-4-2)21-24(22-32)38-30-29(37)28(36)27(35)25(23-33)39-30/h24-25,27-30,32-33,35-37H,3-23H2,1-2H3/t24?,25-,27-,28+,29-,30?/m1/s1. The van der Waals surface area contributed by atoms with Gasteiger partial charge in [0.25, 0.3) is 0 Å². The fourth-order valence-electron chi connectivity index (χ4n) is 5.12. The van der Waals surface area contributed by atoms with Crippen molar-refractivity contribution < 1.29 is 39.8 Å². The van der Waals surface area contributed by atoms with E-state index in [4.69, 9.17) is 9.47 Å². The molecule has 0 bridgehead atoms. The lowest BCUT2D eigenvalue weighted by molar-refractivity contribution is -0.313. The molecule has 39 heavy (non-hydrogen) atoms. The zero-order valence-electron chi connectivity index (χ0n) is 24.7. The number of amides is 1. The zero-order valence-corrected chi connectivity index (χ0v) is 24.7. The summed E-state index contributed by atoms with van der Waals surface area (Å²) in [6.45, 7) is 3.91. The Hall–Kier alpha value is -0.810. The molecule has 0 aliphatic carbocycles. The van der Waals surface area contributed by atoms with Gasteiger partial charge in [-0.1, -0.05) is 104 Å². The molecule has 2 unspecified atom stereocenters. The number of carbonyl (C=O) groups is 1. The Morgan fingerprint density at radius 2 is 1.26 bits per heavy atom. The molecule has 9 nitrogen and oxygen atoms in total. The molecule has 6 atom stereocenters. The number of rotatable bonds is 24. The SMILES string of the molecule is CCCCCCCCCCCCCCCCCN(CC(CO)OC1O[C@H](CO)[C@@H](O)[C@H](O)[C@H]1O)C(=O)CCC. The van der Waals surface area contributed by atoms with Crippen LogP contribution >= 0.6 is 0 Å². The molecule has 0 radical (unpaired) electrons. The van der Waals surface area contributed by atoms with Crippen molar-refractivity contribution in [1.82, 2.24) is 4.90 Å². The smallest absolute Gasteiger partial charge is 0.222 e. The van der Waals surface area contributed by atoms with Crippen molar-refractivity contribution >= 4 is 5.91 Å². The largest absolute Gasteiger partial charge is 0.394 e. The highest BCUT2D eigenvalue weighted by Crippen LogP contribution is 2.23. The third-order valence-corrected chi connectivity index (χ3v) is 7.65. The molecule has 1 fully saturated rings. The van der Waals surface area contributed by atoms with Gasteiger partial charge in [-0.05, 0) is 12.8 Å². The van der Waals surface area contributed by atoms with Gasteiger partial charge < -0.3 is 39.9 Å². The summed E-state index contributed by atoms with van der Waals surface area (Å²) < 4.78 is 11.1. The molecule has 1 aliphatic rings. The van der Waals surface area contributed by atoms with Gasteiger partial charge in [-0.25, -0.2) is 0 Å². The van der Waals surface area contributed by atoms with E-state index in [1.54, 1.807) is 4.90 Å². The van der Waals surface area contributed by atoms with Gasteiger partial charge in [-0.2, -0.15) is 0 Å². The van der Waals surface area contributed by atoms with Crippen LogP contribution in [0.5, 0.6) is 0 Å². The molecule has 0 aromatic rings. The highest BCUT2D eigenvalue weighted by Gasteiger charge is 2.44. The van der Waals surface area contributed by atoms with Crippen molar-refractivity contribution in [3.8, 4) is 0 Å². The Balaban J connectivity index is 2.31. The molecule has 0 aromatic heterocycles. The maximum atomic E-state index is 12.7. The highest BCUT2D eigenvalue weighted by atomic mass is 16.7. The van der Waals surface area contributed by atoms with Crippen molar-refractivity contribution in [2.75, 3.05) is 26.3 Å². The third kappa shape index (κ3) is 15.1. The fraction of sp³-hybridized carbons (Fsp3) is 0.967. The number of aliphatic hydroxyl groups is 5. The first kappa shape index (κ1) is 36.2. The zero-order chi connectivity index (χ0) is 28.9. The maximum Gasteiger partial charge on any atom is 0.222 e. The van der Waals surface area contributed by atoms with E-state index in [0.29, 0.717) is 19.4 Å². The lowest BCUT2D eigenvalue weighted by Gasteiger charge is -2.41. The van der Waals surface area contributed by atoms with Crippen molar-refractivity contribution in [2.24, 2.45) is 0 Å². The summed E-state index contributed by atoms with van der Waals surface area (Å²) in [5.41, 5.74) is 0. The molecule has 0 aromatic carbocycles. The van der Waals surface area contributed by atoms with Gasteiger partial charge in [0.2, 0.25) is 5.91 Å². The molecule has 9 heteroatoms. The third-order valence-electron chi connectivity index (χ3n) is 7.65. The number of unbranched alkanes of at least 4 members (excludes halogenated alkanes) is 14. The van der Waals surface area contributed by atoms with Crippen LogP contribution in [0.25, 0.3) is 0 Å². The molecule has 1 saturated heterocycles. The second-order valence-corrected chi connectivity index (χ2v) is 11.2. The van der Waals surface area contributed by atoms with Crippen LogP contribution in [0, 0.1) is 0 Å². The van der Waals surface area contributed by atoms with E-state index in [9.17, 15) is 30.3 Å². The molecule has 1 rings (SSSR count). The second kappa shape index (κ2) is 22.8. The van der Waals surface area contributed by atoms with Crippen molar-refractivity contribution in [3.63, 3.8) is 0 Å². The molecule has 5 N–H and O–H groups in total. The first-order chi connectivity index (χ1) is 18.9. The second-order valence-electron chi connectivity index (χ2n) is 11.2. The predicted molar refractivity (Wildman–Crippen MR) is 152 cm³/mol. The minimum absolute atomic E-state index is 0.0151. The lowest BCUT2D eigenvalue weighted by atomic mass is 9.99. The van der Waals surface area contributed by atoms with Gasteiger partial charge in [0.05, 0.1) is 13.2 Å². The Morgan fingerprint density at radius 1 is 0.744 bits per heavy atom. The van der Waals surface area contributed by atoms with Gasteiger partial charge in [0.15, 0.2) is 6.29 Å². The fourth-order valence-corrected chi connectivity index (χ4v) is 5.12. The van der Waals surface area contributed by atoms with E-state index < -0.39 is 50.0 Å². The van der Waals surface area contributed by atoms with Crippen LogP contribution in [0.15, 0.2) is 0 Å². The lowest BCUT2D eigenvalue weighted by Crippen LogP contribution is -2.60. The molecular formula is C30H59NO8. The summed E-state index contributed by atoms with van der Waals surface area (Å²) in [5.74, 6) is -0.0151. The molecule has 1 aliphatic heterocycles. The van der Waals surface area contributed by atoms with Crippen molar-refractivity contribution in [1.29, 1.82) is 0 Å². The Bertz CT molecular complexity index is 593. The number of hydrogen-bond donors (Lipinski definition) is 5. The minimum Gasteiger partial charge on any atom is -0.394 e. The molecule has 1 heterocycles. The Labute approximate surface area is 236 Å². The van der Waals surface area contributed by atoms with Crippen LogP contribution in [-0.4, -0.2) is 99.5 Å². The predicted octanol–water partition coefficient (Wildman–Crippen LogP) is 3.66. The Kier molecular flexibility index (Phi) is 21.2. The van der Waals surface area contributed by atoms with E-state index in [2.05, 4.69) is 6.92 Å². The van der Waals surface area contributed by atoms with Crippen molar-refractivity contribution in [3.05, 3.63) is 0 Å². The minimum atomic E-state index is -1.56. The monoisotopic (exact) mass is 561 g/mol. The number of carbonyl (C=O) groups excluding carboxylic acids is 1. The average Bonchev–Trinajstić information content (AvgIpc) is 2.93. The van der Waals surface area contributed by atoms with Crippen LogP contribution in [0.4, 0.5) is 0 Å². The summed E-state index contributed by atoms with van der Waals surface area (Å²) in [6.07, 6.45) is 12.3. The molecule has 0 spiro atoms. The van der Waals surface area contributed by atoms with E-state index in [-0.39, 0.29) is 12.5 Å². The first-order valence-corrected chi connectivity index (χ1v) is 15.7. The van der Waals surface area contributed by atoms with Gasteiger partial charge in [0, 0.05) is 19.5 Å². The number of hydrogen-bond acceptors (Lipinski definition) is 8. The van der Waals surface area contributed by atoms with Crippen LogP contribution in [-0.2, 0) is 14.3 Å². The van der Waals surface area contributed by atoms with Crippen LogP contribution < -0.4 is 0 Å². The van der Waals surface area contributed by atoms with Gasteiger partial charge >= 0.3 is 0 Å². The van der Waals surface area contributed by atoms with Crippen molar-refractivity contribution in [2.45, 2.75) is 160 Å². The number of ether oxygens (including phenoxy) is 2. The van der Waals surface area contributed by atoms with Gasteiger partial charge in [-0.15, -0.1) is 0 Å². The first-order valence-electron chi connectivity index (χ1n) is 15.7. The summed E-state index contributed by atoms with van der Waals surface area (Å²) in [6, 6.07) is 0. The topological polar surface area (TPSA) is 140 Å². The molecule has 0 saturated carbocycles. The number of nitrogens with zero attached hydrogens (tertiary/aromatic N) is 1.